The minimum absolute atomic E-state index is 0.00286. The predicted octanol–water partition coefficient (Wildman–Crippen LogP) is 1.99. The Kier molecular flexibility index (Phi) is 6.17. The summed E-state index contributed by atoms with van der Waals surface area (Å²) in [5, 5.41) is 13.5. The minimum atomic E-state index is -0.699. The Morgan fingerprint density at radius 3 is 2.97 bits per heavy atom. The van der Waals surface area contributed by atoms with Gasteiger partial charge in [-0.2, -0.15) is 0 Å². The van der Waals surface area contributed by atoms with E-state index in [1.165, 1.54) is 18.2 Å². The van der Waals surface area contributed by atoms with E-state index >= 15 is 0 Å². The molecule has 166 valence electrons. The predicted molar refractivity (Wildman–Crippen MR) is 114 cm³/mol. The molecule has 1 aromatic carbocycles. The first-order chi connectivity index (χ1) is 14.9. The van der Waals surface area contributed by atoms with Gasteiger partial charge in [0.15, 0.2) is 5.75 Å². The molecule has 1 saturated heterocycles. The van der Waals surface area contributed by atoms with Crippen molar-refractivity contribution in [3.05, 3.63) is 34.6 Å². The van der Waals surface area contributed by atoms with Gasteiger partial charge in [-0.05, 0) is 26.2 Å². The molecular weight excluding hydrogens is 427 g/mol. The van der Waals surface area contributed by atoms with Crippen LogP contribution in [0.5, 0.6) is 17.4 Å². The molecule has 4 rings (SSSR count). The molecule has 10 heteroatoms. The lowest BCUT2D eigenvalue weighted by molar-refractivity contribution is 0.0603. The molecule has 0 unspecified atom stereocenters. The molecule has 0 saturated carbocycles. The van der Waals surface area contributed by atoms with Crippen molar-refractivity contribution >= 4 is 17.5 Å². The number of phenolic OH excluding ortho intramolecular Hbond substituents is 1. The zero-order valence-corrected chi connectivity index (χ0v) is 18.1. The van der Waals surface area contributed by atoms with Gasteiger partial charge in [0, 0.05) is 26.2 Å². The Hall–Kier alpha value is -2.62. The van der Waals surface area contributed by atoms with Crippen LogP contribution in [0, 0.1) is 5.82 Å². The van der Waals surface area contributed by atoms with Crippen LogP contribution in [0.3, 0.4) is 0 Å². The number of benzene rings is 1. The van der Waals surface area contributed by atoms with Crippen molar-refractivity contribution in [2.75, 3.05) is 53.5 Å². The summed E-state index contributed by atoms with van der Waals surface area (Å²) in [4.78, 5) is 21.5. The summed E-state index contributed by atoms with van der Waals surface area (Å²) in [6.45, 7) is 2.80. The lowest BCUT2D eigenvalue weighted by Gasteiger charge is -2.33. The van der Waals surface area contributed by atoms with Crippen molar-refractivity contribution in [2.45, 2.75) is 6.04 Å². The van der Waals surface area contributed by atoms with Gasteiger partial charge in [0.1, 0.15) is 41.1 Å². The third kappa shape index (κ3) is 4.13. The number of nitrogens with zero attached hydrogens (tertiary/aromatic N) is 3. The molecule has 0 aliphatic carbocycles. The number of likely N-dealkylation sites (N-methyl/N-ethyl adjacent to an activating group) is 1. The summed E-state index contributed by atoms with van der Waals surface area (Å²) >= 11 is 6.58. The zero-order valence-electron chi connectivity index (χ0n) is 17.3. The van der Waals surface area contributed by atoms with Crippen molar-refractivity contribution in [3.63, 3.8) is 0 Å². The average molecular weight is 451 g/mol. The first-order valence-electron chi connectivity index (χ1n) is 10.0. The van der Waals surface area contributed by atoms with Gasteiger partial charge in [0.2, 0.25) is 5.88 Å². The summed E-state index contributed by atoms with van der Waals surface area (Å²) in [5.74, 6) is -1.22. The van der Waals surface area contributed by atoms with Crippen molar-refractivity contribution in [1.29, 1.82) is 0 Å². The van der Waals surface area contributed by atoms with Gasteiger partial charge < -0.3 is 29.7 Å². The topological polar surface area (TPSA) is 87.2 Å². The number of pyridine rings is 1. The molecule has 0 spiro atoms. The standard InChI is InChI=1S/C21H24ClFN4O4/c1-26(2)8-9-30-20-16-19(31-11-12-10-24-6-7-27(12)21(16)29)17(22)18(25-20)15-13(23)4-3-5-14(15)28/h3-5,12,24,28H,6-11H2,1-2H3/t12-/m1/s1. The molecular formula is C21H24ClFN4O4. The smallest absolute Gasteiger partial charge is 0.263 e. The molecule has 1 amide bonds. The van der Waals surface area contributed by atoms with E-state index in [1.54, 1.807) is 4.90 Å². The van der Waals surface area contributed by atoms with Gasteiger partial charge in [0.05, 0.1) is 11.6 Å². The van der Waals surface area contributed by atoms with Gasteiger partial charge >= 0.3 is 0 Å². The Morgan fingerprint density at radius 2 is 2.23 bits per heavy atom. The van der Waals surface area contributed by atoms with E-state index in [0.717, 1.165) is 0 Å². The summed E-state index contributed by atoms with van der Waals surface area (Å²) in [7, 11) is 3.78. The fraction of sp³-hybridized carbons (Fsp3) is 0.429. The Balaban J connectivity index is 1.87. The van der Waals surface area contributed by atoms with E-state index in [1.807, 2.05) is 19.0 Å². The Bertz CT molecular complexity index is 984. The maximum absolute atomic E-state index is 14.6. The first kappa shape index (κ1) is 21.6. The number of hydrogen-bond acceptors (Lipinski definition) is 7. The van der Waals surface area contributed by atoms with Crippen molar-refractivity contribution < 1.29 is 23.8 Å². The van der Waals surface area contributed by atoms with Gasteiger partial charge in [-0.15, -0.1) is 0 Å². The summed E-state index contributed by atoms with van der Waals surface area (Å²) < 4.78 is 26.4. The minimum Gasteiger partial charge on any atom is -0.507 e. The first-order valence-corrected chi connectivity index (χ1v) is 10.4. The fourth-order valence-corrected chi connectivity index (χ4v) is 3.97. The number of hydrogen-bond donors (Lipinski definition) is 2. The summed E-state index contributed by atoms with van der Waals surface area (Å²) in [5.41, 5.74) is -0.0955. The second-order valence-electron chi connectivity index (χ2n) is 7.74. The highest BCUT2D eigenvalue weighted by Gasteiger charge is 2.38. The molecule has 0 bridgehead atoms. The van der Waals surface area contributed by atoms with Crippen LogP contribution in [0.2, 0.25) is 5.02 Å². The van der Waals surface area contributed by atoms with Crippen molar-refractivity contribution in [3.8, 4) is 28.6 Å². The van der Waals surface area contributed by atoms with E-state index in [0.29, 0.717) is 26.2 Å². The summed E-state index contributed by atoms with van der Waals surface area (Å²) in [6, 6.07) is 3.74. The number of aromatic nitrogens is 1. The number of ether oxygens (including phenoxy) is 2. The Morgan fingerprint density at radius 1 is 1.42 bits per heavy atom. The van der Waals surface area contributed by atoms with Crippen LogP contribution in [0.15, 0.2) is 18.2 Å². The van der Waals surface area contributed by atoms with Crippen LogP contribution in [0.1, 0.15) is 10.4 Å². The quantitative estimate of drug-likeness (QED) is 0.720. The molecule has 8 nitrogen and oxygen atoms in total. The lowest BCUT2D eigenvalue weighted by atomic mass is 10.1. The van der Waals surface area contributed by atoms with Gasteiger partial charge in [-0.1, -0.05) is 17.7 Å². The number of carbonyl (C=O) groups excluding carboxylic acids is 1. The van der Waals surface area contributed by atoms with Crippen molar-refractivity contribution in [1.82, 2.24) is 20.1 Å². The van der Waals surface area contributed by atoms with Crippen LogP contribution >= 0.6 is 11.6 Å². The number of halogens is 2. The average Bonchev–Trinajstić information content (AvgIpc) is 2.88. The van der Waals surface area contributed by atoms with Gasteiger partial charge in [-0.25, -0.2) is 9.37 Å². The highest BCUT2D eigenvalue weighted by molar-refractivity contribution is 6.35. The second kappa shape index (κ2) is 8.86. The van der Waals surface area contributed by atoms with E-state index in [-0.39, 0.29) is 64.4 Å². The molecule has 2 aliphatic rings. The molecule has 31 heavy (non-hydrogen) atoms. The summed E-state index contributed by atoms with van der Waals surface area (Å²) in [6.07, 6.45) is 0. The van der Waals surface area contributed by atoms with Crippen LogP contribution in [-0.4, -0.2) is 85.3 Å². The number of amides is 1. The van der Waals surface area contributed by atoms with Gasteiger partial charge in [0.25, 0.3) is 5.91 Å². The molecule has 1 aromatic heterocycles. The number of fused-ring (bicyclic) bond motifs is 2. The molecule has 1 fully saturated rings. The van der Waals surface area contributed by atoms with E-state index in [4.69, 9.17) is 21.1 Å². The zero-order chi connectivity index (χ0) is 22.1. The monoisotopic (exact) mass is 450 g/mol. The van der Waals surface area contributed by atoms with Crippen molar-refractivity contribution in [2.24, 2.45) is 0 Å². The number of aromatic hydroxyl groups is 1. The SMILES string of the molecule is CN(C)CCOc1nc(-c2c(O)cccc2F)c(Cl)c2c1C(=O)N1CCNC[C@@H]1CO2. The lowest BCUT2D eigenvalue weighted by Crippen LogP contribution is -2.54. The van der Waals surface area contributed by atoms with Crippen LogP contribution in [0.4, 0.5) is 4.39 Å². The largest absolute Gasteiger partial charge is 0.507 e. The highest BCUT2D eigenvalue weighted by atomic mass is 35.5. The molecule has 3 heterocycles. The van der Waals surface area contributed by atoms with E-state index < -0.39 is 5.82 Å². The molecule has 2 N–H and O–H groups in total. The molecule has 2 aliphatic heterocycles. The normalized spacial score (nSPS) is 18.3. The van der Waals surface area contributed by atoms with E-state index in [9.17, 15) is 14.3 Å². The molecule has 1 atom stereocenters. The van der Waals surface area contributed by atoms with Gasteiger partial charge in [-0.3, -0.25) is 4.79 Å². The number of nitrogens with one attached hydrogen (secondary N) is 1. The van der Waals surface area contributed by atoms with Crippen LogP contribution in [0.25, 0.3) is 11.3 Å². The highest BCUT2D eigenvalue weighted by Crippen LogP contribution is 2.45. The number of rotatable bonds is 5. The number of carbonyl (C=O) groups is 1. The number of piperazine rings is 1. The Labute approximate surface area is 184 Å². The van der Waals surface area contributed by atoms with Crippen LogP contribution < -0.4 is 14.8 Å². The maximum atomic E-state index is 14.6. The molecule has 2 aromatic rings. The maximum Gasteiger partial charge on any atom is 0.263 e. The third-order valence-corrected chi connectivity index (χ3v) is 5.66. The third-order valence-electron chi connectivity index (χ3n) is 5.31. The van der Waals surface area contributed by atoms with Crippen LogP contribution in [-0.2, 0) is 0 Å². The van der Waals surface area contributed by atoms with E-state index in [2.05, 4.69) is 10.3 Å². The fourth-order valence-electron chi connectivity index (χ4n) is 3.69. The molecule has 0 radical (unpaired) electrons. The second-order valence-corrected chi connectivity index (χ2v) is 8.11. The number of phenols is 1.